The summed E-state index contributed by atoms with van der Waals surface area (Å²) in [6.45, 7) is 6.84. The number of nitrogens with zero attached hydrogens (tertiary/aromatic N) is 1. The summed E-state index contributed by atoms with van der Waals surface area (Å²) in [5, 5.41) is 5.52. The van der Waals surface area contributed by atoms with Crippen LogP contribution in [0.4, 0.5) is 10.5 Å². The van der Waals surface area contributed by atoms with Crippen LogP contribution in [0.15, 0.2) is 24.3 Å². The van der Waals surface area contributed by atoms with E-state index in [0.717, 1.165) is 13.1 Å². The molecule has 1 aromatic rings. The molecule has 0 aliphatic carbocycles. The second kappa shape index (κ2) is 9.39. The molecule has 21 heavy (non-hydrogen) atoms. The highest BCUT2D eigenvalue weighted by molar-refractivity contribution is 7.84. The number of urea groups is 1. The van der Waals surface area contributed by atoms with Gasteiger partial charge in [-0.2, -0.15) is 0 Å². The van der Waals surface area contributed by atoms with Gasteiger partial charge >= 0.3 is 6.03 Å². The molecule has 0 aliphatic rings. The summed E-state index contributed by atoms with van der Waals surface area (Å²) in [4.78, 5) is 13.8. The largest absolute Gasteiger partial charge is 0.370 e. The number of anilines is 1. The molecule has 2 N–H and O–H groups in total. The molecule has 6 heteroatoms. The van der Waals surface area contributed by atoms with Gasteiger partial charge in [0.2, 0.25) is 0 Å². The number of hydrogen-bond donors (Lipinski definition) is 2. The number of likely N-dealkylation sites (N-methyl/N-ethyl adjacent to an activating group) is 1. The third-order valence-electron chi connectivity index (χ3n) is 3.18. The first-order chi connectivity index (χ1) is 10.0. The normalized spacial score (nSPS) is 11.8. The summed E-state index contributed by atoms with van der Waals surface area (Å²) in [5.74, 6) is 0.484. The van der Waals surface area contributed by atoms with Crippen LogP contribution in [0.1, 0.15) is 12.5 Å². The minimum Gasteiger partial charge on any atom is -0.370 e. The van der Waals surface area contributed by atoms with Crippen molar-refractivity contribution in [1.29, 1.82) is 0 Å². The average Bonchev–Trinajstić information content (AvgIpc) is 2.44. The maximum atomic E-state index is 11.6. The Labute approximate surface area is 129 Å². The highest BCUT2D eigenvalue weighted by atomic mass is 32.2. The van der Waals surface area contributed by atoms with Crippen molar-refractivity contribution in [2.75, 3.05) is 43.1 Å². The van der Waals surface area contributed by atoms with Crippen molar-refractivity contribution >= 4 is 22.5 Å². The van der Waals surface area contributed by atoms with Crippen LogP contribution >= 0.6 is 0 Å². The molecule has 2 amide bonds. The van der Waals surface area contributed by atoms with Crippen molar-refractivity contribution in [3.63, 3.8) is 0 Å². The second-order valence-electron chi connectivity index (χ2n) is 4.83. The van der Waals surface area contributed by atoms with Gasteiger partial charge in [0, 0.05) is 54.7 Å². The molecule has 0 aliphatic heterocycles. The first-order valence-electron chi connectivity index (χ1n) is 7.17. The average molecular weight is 311 g/mol. The number of benzene rings is 1. The van der Waals surface area contributed by atoms with E-state index in [2.05, 4.69) is 41.5 Å². The highest BCUT2D eigenvalue weighted by Crippen LogP contribution is 2.18. The fourth-order valence-electron chi connectivity index (χ4n) is 2.04. The van der Waals surface area contributed by atoms with Gasteiger partial charge in [0.05, 0.1) is 0 Å². The van der Waals surface area contributed by atoms with Crippen LogP contribution in [0, 0.1) is 6.92 Å². The number of amides is 2. The van der Waals surface area contributed by atoms with Crippen LogP contribution in [-0.2, 0) is 10.8 Å². The van der Waals surface area contributed by atoms with Gasteiger partial charge in [-0.15, -0.1) is 0 Å². The van der Waals surface area contributed by atoms with E-state index in [1.54, 1.807) is 6.26 Å². The molecule has 0 heterocycles. The van der Waals surface area contributed by atoms with E-state index < -0.39 is 10.8 Å². The van der Waals surface area contributed by atoms with Crippen LogP contribution in [-0.4, -0.2) is 48.4 Å². The summed E-state index contributed by atoms with van der Waals surface area (Å²) in [7, 11) is -0.875. The Bertz CT molecular complexity index is 480. The summed E-state index contributed by atoms with van der Waals surface area (Å²) in [5.41, 5.74) is 2.43. The first kappa shape index (κ1) is 17.5. The Morgan fingerprint density at radius 3 is 2.52 bits per heavy atom. The van der Waals surface area contributed by atoms with E-state index in [9.17, 15) is 9.00 Å². The monoisotopic (exact) mass is 311 g/mol. The van der Waals surface area contributed by atoms with E-state index in [0.29, 0.717) is 18.8 Å². The van der Waals surface area contributed by atoms with Gasteiger partial charge in [0.15, 0.2) is 0 Å². The molecule has 1 rings (SSSR count). The molecule has 0 saturated heterocycles. The third-order valence-corrected chi connectivity index (χ3v) is 3.96. The number of hydrogen-bond acceptors (Lipinski definition) is 3. The van der Waals surface area contributed by atoms with Gasteiger partial charge in [0.25, 0.3) is 0 Å². The van der Waals surface area contributed by atoms with Crippen molar-refractivity contribution in [1.82, 2.24) is 10.6 Å². The Morgan fingerprint density at radius 1 is 1.24 bits per heavy atom. The van der Waals surface area contributed by atoms with E-state index in [-0.39, 0.29) is 6.03 Å². The predicted molar refractivity (Wildman–Crippen MR) is 89.4 cm³/mol. The molecule has 0 saturated carbocycles. The zero-order valence-corrected chi connectivity index (χ0v) is 13.8. The number of aryl methyl sites for hydroxylation is 1. The molecule has 0 fully saturated rings. The molecule has 1 unspecified atom stereocenters. The van der Waals surface area contributed by atoms with Crippen molar-refractivity contribution in [3.05, 3.63) is 29.8 Å². The number of rotatable bonds is 8. The van der Waals surface area contributed by atoms with Crippen molar-refractivity contribution in [3.8, 4) is 0 Å². The van der Waals surface area contributed by atoms with Crippen molar-refractivity contribution in [2.45, 2.75) is 13.8 Å². The lowest BCUT2D eigenvalue weighted by molar-refractivity contribution is 0.241. The number of nitrogens with one attached hydrogen (secondary N) is 2. The van der Waals surface area contributed by atoms with Crippen molar-refractivity contribution in [2.24, 2.45) is 0 Å². The van der Waals surface area contributed by atoms with E-state index >= 15 is 0 Å². The van der Waals surface area contributed by atoms with E-state index in [4.69, 9.17) is 0 Å². The minimum atomic E-state index is -0.875. The Hall–Kier alpha value is -1.56. The maximum Gasteiger partial charge on any atom is 0.314 e. The molecule has 0 bridgehead atoms. The van der Waals surface area contributed by atoms with Gasteiger partial charge in [-0.3, -0.25) is 4.21 Å². The van der Waals surface area contributed by atoms with Gasteiger partial charge in [0.1, 0.15) is 0 Å². The standard InChI is InChI=1S/C15H25N3O2S/c1-4-18(14-8-6-5-7-13(14)2)11-9-16-15(19)17-10-12-21(3)20/h5-8H,4,9-12H2,1-3H3,(H2,16,17,19). The van der Waals surface area contributed by atoms with Crippen LogP contribution in [0.25, 0.3) is 0 Å². The van der Waals surface area contributed by atoms with E-state index in [1.807, 2.05) is 12.1 Å². The number of carbonyl (C=O) groups is 1. The summed E-state index contributed by atoms with van der Waals surface area (Å²) >= 11 is 0. The Balaban J connectivity index is 2.34. The molecule has 0 spiro atoms. The van der Waals surface area contributed by atoms with Gasteiger partial charge in [-0.1, -0.05) is 18.2 Å². The summed E-state index contributed by atoms with van der Waals surface area (Å²) < 4.78 is 10.9. The Morgan fingerprint density at radius 2 is 1.90 bits per heavy atom. The van der Waals surface area contributed by atoms with E-state index in [1.165, 1.54) is 11.3 Å². The molecule has 1 aromatic carbocycles. The fraction of sp³-hybridized carbons (Fsp3) is 0.533. The molecule has 0 aromatic heterocycles. The number of para-hydroxylation sites is 1. The predicted octanol–water partition coefficient (Wildman–Crippen LogP) is 1.50. The lowest BCUT2D eigenvalue weighted by Crippen LogP contribution is -2.41. The summed E-state index contributed by atoms with van der Waals surface area (Å²) in [6.07, 6.45) is 1.63. The molecular formula is C15H25N3O2S. The topological polar surface area (TPSA) is 61.4 Å². The van der Waals surface area contributed by atoms with Crippen LogP contribution in [0.2, 0.25) is 0 Å². The van der Waals surface area contributed by atoms with Gasteiger partial charge in [-0.25, -0.2) is 4.79 Å². The molecule has 0 radical (unpaired) electrons. The van der Waals surface area contributed by atoms with Crippen molar-refractivity contribution < 1.29 is 9.00 Å². The quantitative estimate of drug-likeness (QED) is 0.765. The lowest BCUT2D eigenvalue weighted by Gasteiger charge is -2.25. The SMILES string of the molecule is CCN(CCNC(=O)NCCS(C)=O)c1ccccc1C. The fourth-order valence-corrected chi connectivity index (χ4v) is 2.43. The zero-order valence-electron chi connectivity index (χ0n) is 13.0. The third kappa shape index (κ3) is 6.62. The van der Waals surface area contributed by atoms with Crippen LogP contribution in [0.5, 0.6) is 0 Å². The number of carbonyl (C=O) groups excluding carboxylic acids is 1. The zero-order chi connectivity index (χ0) is 15.7. The van der Waals surface area contributed by atoms with Gasteiger partial charge in [-0.05, 0) is 25.5 Å². The van der Waals surface area contributed by atoms with Crippen LogP contribution < -0.4 is 15.5 Å². The first-order valence-corrected chi connectivity index (χ1v) is 8.89. The van der Waals surface area contributed by atoms with Crippen LogP contribution in [0.3, 0.4) is 0 Å². The Kier molecular flexibility index (Phi) is 7.82. The smallest absolute Gasteiger partial charge is 0.314 e. The molecule has 118 valence electrons. The minimum absolute atomic E-state index is 0.207. The highest BCUT2D eigenvalue weighted by Gasteiger charge is 2.07. The maximum absolute atomic E-state index is 11.6. The molecule has 1 atom stereocenters. The van der Waals surface area contributed by atoms with Gasteiger partial charge < -0.3 is 15.5 Å². The molecular weight excluding hydrogens is 286 g/mol. The second-order valence-corrected chi connectivity index (χ2v) is 6.38. The lowest BCUT2D eigenvalue weighted by atomic mass is 10.2. The summed E-state index contributed by atoms with van der Waals surface area (Å²) in [6, 6.07) is 8.02. The molecule has 5 nitrogen and oxygen atoms in total.